The highest BCUT2D eigenvalue weighted by atomic mass is 15.0. The second kappa shape index (κ2) is 5.21. The summed E-state index contributed by atoms with van der Waals surface area (Å²) in [5.41, 5.74) is 1.92. The Morgan fingerprint density at radius 1 is 1.10 bits per heavy atom. The van der Waals surface area contributed by atoms with E-state index in [9.17, 15) is 0 Å². The average molecular weight is 267 g/mol. The number of hydrogen-bond acceptors (Lipinski definition) is 1. The first kappa shape index (κ1) is 13.6. The molecule has 3 rings (SSSR count). The van der Waals surface area contributed by atoms with E-state index in [4.69, 9.17) is 0 Å². The summed E-state index contributed by atoms with van der Waals surface area (Å²) in [4.78, 5) is 0. The van der Waals surface area contributed by atoms with E-state index in [2.05, 4.69) is 68.6 Å². The highest BCUT2D eigenvalue weighted by Gasteiger charge is 2.50. The summed E-state index contributed by atoms with van der Waals surface area (Å²) in [7, 11) is 0. The molecule has 2 aromatic rings. The van der Waals surface area contributed by atoms with Gasteiger partial charge >= 0.3 is 0 Å². The van der Waals surface area contributed by atoms with Crippen molar-refractivity contribution in [3.8, 4) is 0 Å². The normalized spacial score (nSPS) is 29.4. The van der Waals surface area contributed by atoms with Gasteiger partial charge in [0.15, 0.2) is 0 Å². The number of hydrogen-bond donors (Lipinski definition) is 1. The van der Waals surface area contributed by atoms with Gasteiger partial charge in [-0.15, -0.1) is 0 Å². The van der Waals surface area contributed by atoms with Crippen LogP contribution in [0.15, 0.2) is 42.5 Å². The molecule has 3 atom stereocenters. The molecule has 0 bridgehead atoms. The second-order valence-electron chi connectivity index (χ2n) is 6.36. The molecule has 1 heteroatoms. The first-order valence-electron chi connectivity index (χ1n) is 7.91. The fourth-order valence-electron chi connectivity index (χ4n) is 3.85. The fourth-order valence-corrected chi connectivity index (χ4v) is 3.85. The molecule has 1 aliphatic rings. The molecule has 0 radical (unpaired) electrons. The van der Waals surface area contributed by atoms with E-state index in [0.717, 1.165) is 6.54 Å². The lowest BCUT2D eigenvalue weighted by atomic mass is 9.54. The number of fused-ring (bicyclic) bond motifs is 1. The van der Waals surface area contributed by atoms with Gasteiger partial charge in [0.05, 0.1) is 0 Å². The summed E-state index contributed by atoms with van der Waals surface area (Å²) >= 11 is 0. The maximum atomic E-state index is 3.66. The molecule has 0 spiro atoms. The van der Waals surface area contributed by atoms with Crippen molar-refractivity contribution in [1.29, 1.82) is 0 Å². The van der Waals surface area contributed by atoms with Crippen LogP contribution in [0.5, 0.6) is 0 Å². The Bertz CT molecular complexity index is 603. The van der Waals surface area contributed by atoms with Gasteiger partial charge in [0.1, 0.15) is 0 Å². The predicted octanol–water partition coefficient (Wildman–Crippen LogP) is 4.72. The lowest BCUT2D eigenvalue weighted by Crippen LogP contribution is -2.56. The van der Waals surface area contributed by atoms with Crippen LogP contribution < -0.4 is 5.32 Å². The van der Waals surface area contributed by atoms with Crippen molar-refractivity contribution in [3.05, 3.63) is 48.0 Å². The largest absolute Gasteiger partial charge is 0.314 e. The van der Waals surface area contributed by atoms with Gasteiger partial charge in [-0.05, 0) is 47.1 Å². The lowest BCUT2D eigenvalue weighted by Gasteiger charge is -2.55. The van der Waals surface area contributed by atoms with Gasteiger partial charge in [-0.2, -0.15) is 0 Å². The predicted molar refractivity (Wildman–Crippen MR) is 87.2 cm³/mol. The molecule has 0 aromatic heterocycles. The third-order valence-electron chi connectivity index (χ3n) is 5.45. The Hall–Kier alpha value is -1.34. The van der Waals surface area contributed by atoms with E-state index in [0.29, 0.717) is 17.4 Å². The van der Waals surface area contributed by atoms with Crippen LogP contribution in [0.25, 0.3) is 10.8 Å². The quantitative estimate of drug-likeness (QED) is 0.845. The van der Waals surface area contributed by atoms with Gasteiger partial charge in [-0.25, -0.2) is 0 Å². The lowest BCUT2D eigenvalue weighted by molar-refractivity contribution is 0.0456. The van der Waals surface area contributed by atoms with E-state index in [1.807, 2.05) is 0 Å². The van der Waals surface area contributed by atoms with Crippen LogP contribution in [-0.4, -0.2) is 12.6 Å². The van der Waals surface area contributed by atoms with Gasteiger partial charge in [0, 0.05) is 6.04 Å². The Balaban J connectivity index is 1.91. The summed E-state index contributed by atoms with van der Waals surface area (Å²) < 4.78 is 0. The Kier molecular flexibility index (Phi) is 3.55. The van der Waals surface area contributed by atoms with Gasteiger partial charge < -0.3 is 5.32 Å². The van der Waals surface area contributed by atoms with Crippen molar-refractivity contribution < 1.29 is 0 Å². The molecule has 106 valence electrons. The molecule has 3 unspecified atom stereocenters. The van der Waals surface area contributed by atoms with Gasteiger partial charge in [0.25, 0.3) is 0 Å². The first-order valence-corrected chi connectivity index (χ1v) is 7.91. The van der Waals surface area contributed by atoms with Gasteiger partial charge in [-0.1, -0.05) is 63.2 Å². The van der Waals surface area contributed by atoms with Crippen LogP contribution in [0, 0.1) is 5.41 Å². The summed E-state index contributed by atoms with van der Waals surface area (Å²) in [6, 6.07) is 16.4. The SMILES string of the molecule is CCNC1CC(c2ccc3ccccc3c2)C1(C)CC. The number of nitrogens with one attached hydrogen (secondary N) is 1. The monoisotopic (exact) mass is 267 g/mol. The average Bonchev–Trinajstić information content (AvgIpc) is 2.49. The Labute approximate surface area is 122 Å². The fraction of sp³-hybridized carbons (Fsp3) is 0.474. The molecule has 0 amide bonds. The van der Waals surface area contributed by atoms with E-state index in [-0.39, 0.29) is 0 Å². The highest BCUT2D eigenvalue weighted by Crippen LogP contribution is 2.55. The van der Waals surface area contributed by atoms with E-state index in [1.54, 1.807) is 0 Å². The van der Waals surface area contributed by atoms with Gasteiger partial charge in [0.2, 0.25) is 0 Å². The Morgan fingerprint density at radius 3 is 2.55 bits per heavy atom. The van der Waals surface area contributed by atoms with E-state index < -0.39 is 0 Å². The van der Waals surface area contributed by atoms with Gasteiger partial charge in [-0.3, -0.25) is 0 Å². The Morgan fingerprint density at radius 2 is 1.85 bits per heavy atom. The molecule has 2 aromatic carbocycles. The third-order valence-corrected chi connectivity index (χ3v) is 5.45. The van der Waals surface area contributed by atoms with Crippen LogP contribution in [0.1, 0.15) is 45.1 Å². The van der Waals surface area contributed by atoms with Crippen molar-refractivity contribution in [3.63, 3.8) is 0 Å². The van der Waals surface area contributed by atoms with Crippen LogP contribution in [-0.2, 0) is 0 Å². The topological polar surface area (TPSA) is 12.0 Å². The molecule has 0 aliphatic heterocycles. The summed E-state index contributed by atoms with van der Waals surface area (Å²) in [6.45, 7) is 8.06. The van der Waals surface area contributed by atoms with Crippen LogP contribution in [0.4, 0.5) is 0 Å². The summed E-state index contributed by atoms with van der Waals surface area (Å²) in [5.74, 6) is 0.696. The minimum atomic E-state index is 0.401. The highest BCUT2D eigenvalue weighted by molar-refractivity contribution is 5.83. The second-order valence-corrected chi connectivity index (χ2v) is 6.36. The summed E-state index contributed by atoms with van der Waals surface area (Å²) in [6.07, 6.45) is 2.51. The van der Waals surface area contributed by atoms with Crippen LogP contribution in [0.3, 0.4) is 0 Å². The molecule has 0 saturated heterocycles. The molecule has 20 heavy (non-hydrogen) atoms. The van der Waals surface area contributed by atoms with Crippen molar-refractivity contribution in [1.82, 2.24) is 5.32 Å². The van der Waals surface area contributed by atoms with Crippen LogP contribution in [0.2, 0.25) is 0 Å². The standard InChI is InChI=1S/C19H25N/c1-4-19(3)17(13-18(19)20-5-2)16-11-10-14-8-6-7-9-15(14)12-16/h6-12,17-18,20H,4-5,13H2,1-3H3. The molecular weight excluding hydrogens is 242 g/mol. The minimum Gasteiger partial charge on any atom is -0.314 e. The minimum absolute atomic E-state index is 0.401. The molecule has 1 N–H and O–H groups in total. The third kappa shape index (κ3) is 2.05. The smallest absolute Gasteiger partial charge is 0.0132 e. The summed E-state index contributed by atoms with van der Waals surface area (Å²) in [5, 5.41) is 6.38. The zero-order valence-corrected chi connectivity index (χ0v) is 12.8. The number of rotatable bonds is 4. The zero-order chi connectivity index (χ0) is 14.2. The maximum Gasteiger partial charge on any atom is 0.0132 e. The maximum absolute atomic E-state index is 3.66. The molecule has 0 heterocycles. The van der Waals surface area contributed by atoms with Crippen LogP contribution >= 0.6 is 0 Å². The van der Waals surface area contributed by atoms with E-state index >= 15 is 0 Å². The molecule has 1 saturated carbocycles. The molecule has 1 fully saturated rings. The van der Waals surface area contributed by atoms with Crippen molar-refractivity contribution in [2.45, 2.75) is 45.6 Å². The van der Waals surface area contributed by atoms with Crippen molar-refractivity contribution in [2.24, 2.45) is 5.41 Å². The van der Waals surface area contributed by atoms with Crippen molar-refractivity contribution >= 4 is 10.8 Å². The molecular formula is C19H25N. The number of benzene rings is 2. The van der Waals surface area contributed by atoms with Crippen molar-refractivity contribution in [2.75, 3.05) is 6.54 Å². The first-order chi connectivity index (χ1) is 9.69. The zero-order valence-electron chi connectivity index (χ0n) is 12.8. The van der Waals surface area contributed by atoms with E-state index in [1.165, 1.54) is 29.2 Å². The molecule has 1 nitrogen and oxygen atoms in total. The molecule has 1 aliphatic carbocycles.